The molecule has 2 aliphatic rings. The standard InChI is InChI=1S/C27H27F3N6O2S/c1-18-14-23(38-27(28,29)30)10-11-24(18)32-17-33-25(31)20-8-6-19(7-9-20)16-34-35-26-36(12-13-39-26)21-4-3-5-22(15-21)37-2/h3-11,15-18H,12-14H2,1-2H3,(H2,31,32,33)/b34-16-,35-26+. The molecule has 2 aromatic rings. The lowest BCUT2D eigenvalue weighted by Crippen LogP contribution is -2.23. The number of hydrogen-bond donors (Lipinski definition) is 1. The second-order valence-corrected chi connectivity index (χ2v) is 9.65. The van der Waals surface area contributed by atoms with Crippen LogP contribution in [-0.4, -0.2) is 49.3 Å². The minimum absolute atomic E-state index is 0.0914. The van der Waals surface area contributed by atoms with E-state index in [1.54, 1.807) is 44.1 Å². The summed E-state index contributed by atoms with van der Waals surface area (Å²) in [7, 11) is 1.64. The van der Waals surface area contributed by atoms with Crippen LogP contribution < -0.4 is 15.4 Å². The molecule has 0 amide bonds. The van der Waals surface area contributed by atoms with Gasteiger partial charge in [-0.05, 0) is 29.8 Å². The van der Waals surface area contributed by atoms with Crippen molar-refractivity contribution in [3.63, 3.8) is 0 Å². The van der Waals surface area contributed by atoms with Crippen molar-refractivity contribution < 1.29 is 22.6 Å². The summed E-state index contributed by atoms with van der Waals surface area (Å²) < 4.78 is 46.5. The van der Waals surface area contributed by atoms with E-state index in [0.717, 1.165) is 34.5 Å². The quantitative estimate of drug-likeness (QED) is 0.255. The van der Waals surface area contributed by atoms with E-state index in [1.165, 1.54) is 18.5 Å². The molecule has 0 radical (unpaired) electrons. The van der Waals surface area contributed by atoms with Crippen molar-refractivity contribution in [2.75, 3.05) is 24.3 Å². The number of amidine groups is 2. The monoisotopic (exact) mass is 556 g/mol. The molecule has 1 fully saturated rings. The van der Waals surface area contributed by atoms with Crippen LogP contribution in [0.25, 0.3) is 0 Å². The van der Waals surface area contributed by atoms with Crippen LogP contribution in [0.1, 0.15) is 24.5 Å². The molecule has 39 heavy (non-hydrogen) atoms. The molecule has 204 valence electrons. The van der Waals surface area contributed by atoms with E-state index in [0.29, 0.717) is 11.3 Å². The molecule has 1 unspecified atom stereocenters. The molecule has 0 spiro atoms. The van der Waals surface area contributed by atoms with Crippen molar-refractivity contribution in [3.8, 4) is 5.75 Å². The minimum atomic E-state index is -4.71. The molecule has 1 atom stereocenters. The average molecular weight is 557 g/mol. The van der Waals surface area contributed by atoms with Gasteiger partial charge in [-0.3, -0.25) is 0 Å². The Kier molecular flexibility index (Phi) is 9.07. The van der Waals surface area contributed by atoms with Crippen molar-refractivity contribution in [1.29, 1.82) is 0 Å². The highest BCUT2D eigenvalue weighted by atomic mass is 32.2. The molecule has 2 aromatic carbocycles. The first-order chi connectivity index (χ1) is 18.7. The number of benzene rings is 2. The molecule has 8 nitrogen and oxygen atoms in total. The zero-order valence-electron chi connectivity index (χ0n) is 21.3. The Morgan fingerprint density at radius 2 is 1.95 bits per heavy atom. The van der Waals surface area contributed by atoms with Gasteiger partial charge in [0, 0.05) is 47.7 Å². The number of rotatable bonds is 8. The molecule has 12 heteroatoms. The van der Waals surface area contributed by atoms with Crippen molar-refractivity contribution in [2.24, 2.45) is 31.8 Å². The molecule has 1 heterocycles. The molecule has 0 saturated carbocycles. The summed E-state index contributed by atoms with van der Waals surface area (Å²) in [5, 5.41) is 9.47. The maximum atomic E-state index is 12.4. The molecule has 0 aromatic heterocycles. The van der Waals surface area contributed by atoms with Gasteiger partial charge < -0.3 is 20.1 Å². The zero-order chi connectivity index (χ0) is 27.8. The van der Waals surface area contributed by atoms with Gasteiger partial charge in [-0.1, -0.05) is 49.0 Å². The van der Waals surface area contributed by atoms with Gasteiger partial charge >= 0.3 is 6.36 Å². The van der Waals surface area contributed by atoms with Crippen molar-refractivity contribution in [1.82, 2.24) is 0 Å². The largest absolute Gasteiger partial charge is 0.572 e. The fourth-order valence-electron chi connectivity index (χ4n) is 3.83. The van der Waals surface area contributed by atoms with Crippen LogP contribution in [0.5, 0.6) is 5.75 Å². The summed E-state index contributed by atoms with van der Waals surface area (Å²) in [6, 6.07) is 15.1. The number of nitrogens with zero attached hydrogens (tertiary/aromatic N) is 5. The Balaban J connectivity index is 1.36. The van der Waals surface area contributed by atoms with Gasteiger partial charge in [0.05, 0.1) is 13.3 Å². The third kappa shape index (κ3) is 7.96. The minimum Gasteiger partial charge on any atom is -0.497 e. The second-order valence-electron chi connectivity index (χ2n) is 8.59. The van der Waals surface area contributed by atoms with E-state index in [-0.39, 0.29) is 23.9 Å². The summed E-state index contributed by atoms with van der Waals surface area (Å²) in [6.45, 7) is 2.60. The summed E-state index contributed by atoms with van der Waals surface area (Å²) in [4.78, 5) is 10.5. The van der Waals surface area contributed by atoms with Gasteiger partial charge in [0.2, 0.25) is 0 Å². The first-order valence-electron chi connectivity index (χ1n) is 12.0. The smallest absolute Gasteiger partial charge is 0.497 e. The number of hydrogen-bond acceptors (Lipinski definition) is 6. The van der Waals surface area contributed by atoms with Crippen LogP contribution in [0.2, 0.25) is 0 Å². The molecule has 1 aliphatic heterocycles. The van der Waals surface area contributed by atoms with Crippen molar-refractivity contribution in [3.05, 3.63) is 83.3 Å². The van der Waals surface area contributed by atoms with Gasteiger partial charge in [-0.25, -0.2) is 9.98 Å². The molecule has 1 aliphatic carbocycles. The lowest BCUT2D eigenvalue weighted by Gasteiger charge is -2.19. The Morgan fingerprint density at radius 3 is 2.67 bits per heavy atom. The van der Waals surface area contributed by atoms with Crippen molar-refractivity contribution >= 4 is 41.0 Å². The number of nitrogens with two attached hydrogens (primary N) is 1. The van der Waals surface area contributed by atoms with Crippen LogP contribution in [0.4, 0.5) is 18.9 Å². The molecule has 2 N–H and O–H groups in total. The highest BCUT2D eigenvalue weighted by Crippen LogP contribution is 2.31. The average Bonchev–Trinajstić information content (AvgIpc) is 3.38. The number of methoxy groups -OCH3 is 1. The highest BCUT2D eigenvalue weighted by Gasteiger charge is 2.33. The van der Waals surface area contributed by atoms with E-state index in [4.69, 9.17) is 10.5 Å². The molecular weight excluding hydrogens is 529 g/mol. The summed E-state index contributed by atoms with van der Waals surface area (Å²) >= 11 is 1.64. The van der Waals surface area contributed by atoms with Crippen LogP contribution in [0.3, 0.4) is 0 Å². The lowest BCUT2D eigenvalue weighted by atomic mass is 9.98. The third-order valence-electron chi connectivity index (χ3n) is 5.80. The molecule has 1 saturated heterocycles. The topological polar surface area (TPSA) is 97.2 Å². The molecule has 4 rings (SSSR count). The van der Waals surface area contributed by atoms with Crippen molar-refractivity contribution in [2.45, 2.75) is 19.7 Å². The number of anilines is 1. The summed E-state index contributed by atoms with van der Waals surface area (Å²) in [5.41, 5.74) is 9.18. The molecule has 0 bridgehead atoms. The predicted octanol–water partition coefficient (Wildman–Crippen LogP) is 5.72. The van der Waals surface area contributed by atoms with E-state index >= 15 is 0 Å². The Labute approximate surface area is 228 Å². The normalized spacial score (nSPS) is 19.6. The maximum absolute atomic E-state index is 12.4. The molecular formula is C27H27F3N6O2S. The fraction of sp³-hybridized carbons (Fsp3) is 0.259. The van der Waals surface area contributed by atoms with Gasteiger partial charge in [-0.2, -0.15) is 5.10 Å². The number of alkyl halides is 3. The van der Waals surface area contributed by atoms with Gasteiger partial charge in [0.25, 0.3) is 0 Å². The fourth-order valence-corrected chi connectivity index (χ4v) is 4.75. The second kappa shape index (κ2) is 12.7. The summed E-state index contributed by atoms with van der Waals surface area (Å²) in [6.07, 6.45) is 1.08. The number of ether oxygens (including phenoxy) is 2. The van der Waals surface area contributed by atoms with Crippen LogP contribution in [0.15, 0.2) is 92.3 Å². The van der Waals surface area contributed by atoms with Crippen LogP contribution >= 0.6 is 11.8 Å². The predicted molar refractivity (Wildman–Crippen MR) is 151 cm³/mol. The van der Waals surface area contributed by atoms with Gasteiger partial charge in [0.15, 0.2) is 5.17 Å². The number of halogens is 3. The number of allylic oxidation sites excluding steroid dienone is 4. The van der Waals surface area contributed by atoms with Crippen LogP contribution in [0, 0.1) is 5.92 Å². The first-order valence-corrected chi connectivity index (χ1v) is 13.0. The summed E-state index contributed by atoms with van der Waals surface area (Å²) in [5.74, 6) is 1.55. The number of thioether (sulfide) groups is 1. The number of aliphatic imine (C=N–C) groups is 2. The lowest BCUT2D eigenvalue weighted by molar-refractivity contribution is -0.306. The van der Waals surface area contributed by atoms with Gasteiger partial charge in [-0.15, -0.1) is 18.3 Å². The Hall–Kier alpha value is -4.06. The first kappa shape index (κ1) is 28.0. The van der Waals surface area contributed by atoms with E-state index in [1.807, 2.05) is 36.4 Å². The van der Waals surface area contributed by atoms with E-state index in [9.17, 15) is 13.2 Å². The zero-order valence-corrected chi connectivity index (χ0v) is 22.1. The Morgan fingerprint density at radius 1 is 1.15 bits per heavy atom. The SMILES string of the molecule is COc1cccc(N2CCS/C2=N/N=C\c2ccc(C(N)=NC=NC3=CC=C(OC(F)(F)F)CC3C)cc2)c1. The van der Waals surface area contributed by atoms with Gasteiger partial charge in [0.1, 0.15) is 23.7 Å². The maximum Gasteiger partial charge on any atom is 0.572 e. The van der Waals surface area contributed by atoms with E-state index in [2.05, 4.69) is 29.8 Å². The highest BCUT2D eigenvalue weighted by molar-refractivity contribution is 8.14. The van der Waals surface area contributed by atoms with Crippen LogP contribution in [-0.2, 0) is 4.74 Å². The van der Waals surface area contributed by atoms with E-state index < -0.39 is 6.36 Å². The Bertz CT molecular complexity index is 1350. The third-order valence-corrected chi connectivity index (χ3v) is 6.75.